The molecule has 162 valence electrons. The highest BCUT2D eigenvalue weighted by molar-refractivity contribution is 5.70. The zero-order valence-corrected chi connectivity index (χ0v) is 19.2. The Balaban J connectivity index is 1.58. The van der Waals surface area contributed by atoms with Crippen LogP contribution in [0.25, 0.3) is 22.5 Å². The molecule has 0 bridgehead atoms. The standard InChI is InChI=1S/C28H30N4/c1-20(2)24-12-8-9-13-25(24)27-30-19-26(32(3)4)28(31-27)29-18-21-14-16-23(17-15-21)22-10-6-5-7-11-22/h5-17,19-20H,18H2,1-4H3,(H,29,30,31). The van der Waals surface area contributed by atoms with Crippen LogP contribution < -0.4 is 10.2 Å². The maximum absolute atomic E-state index is 4.92. The third-order valence-corrected chi connectivity index (χ3v) is 5.60. The highest BCUT2D eigenvalue weighted by Crippen LogP contribution is 2.30. The van der Waals surface area contributed by atoms with Gasteiger partial charge in [-0.1, -0.05) is 92.7 Å². The largest absolute Gasteiger partial charge is 0.373 e. The minimum absolute atomic E-state index is 0.405. The lowest BCUT2D eigenvalue weighted by atomic mass is 9.97. The van der Waals surface area contributed by atoms with E-state index in [9.17, 15) is 0 Å². The molecule has 0 unspecified atom stereocenters. The third-order valence-electron chi connectivity index (χ3n) is 5.60. The van der Waals surface area contributed by atoms with E-state index >= 15 is 0 Å². The molecule has 4 nitrogen and oxygen atoms in total. The van der Waals surface area contributed by atoms with Crippen molar-refractivity contribution >= 4 is 11.5 Å². The van der Waals surface area contributed by atoms with E-state index < -0.39 is 0 Å². The highest BCUT2D eigenvalue weighted by atomic mass is 15.1. The summed E-state index contributed by atoms with van der Waals surface area (Å²) in [4.78, 5) is 11.6. The average molecular weight is 423 g/mol. The minimum Gasteiger partial charge on any atom is -0.373 e. The Bertz CT molecular complexity index is 1170. The first-order valence-corrected chi connectivity index (χ1v) is 11.0. The highest BCUT2D eigenvalue weighted by Gasteiger charge is 2.14. The van der Waals surface area contributed by atoms with Gasteiger partial charge in [-0.25, -0.2) is 9.97 Å². The Labute approximate surface area is 191 Å². The van der Waals surface area contributed by atoms with Gasteiger partial charge in [-0.05, 0) is 28.2 Å². The SMILES string of the molecule is CC(C)c1ccccc1-c1ncc(N(C)C)c(NCc2ccc(-c3ccccc3)cc2)n1. The topological polar surface area (TPSA) is 41.1 Å². The fourth-order valence-electron chi connectivity index (χ4n) is 3.80. The van der Waals surface area contributed by atoms with Crippen LogP contribution in [0.15, 0.2) is 85.1 Å². The normalized spacial score (nSPS) is 10.9. The Kier molecular flexibility index (Phi) is 6.50. The van der Waals surface area contributed by atoms with Gasteiger partial charge in [0, 0.05) is 26.2 Å². The van der Waals surface area contributed by atoms with Crippen molar-refractivity contribution in [1.82, 2.24) is 9.97 Å². The average Bonchev–Trinajstić information content (AvgIpc) is 2.83. The van der Waals surface area contributed by atoms with Crippen LogP contribution in [0.4, 0.5) is 11.5 Å². The van der Waals surface area contributed by atoms with Crippen LogP contribution in [0.1, 0.15) is 30.9 Å². The van der Waals surface area contributed by atoms with E-state index in [2.05, 4.69) is 90.9 Å². The van der Waals surface area contributed by atoms with Crippen LogP contribution in [-0.4, -0.2) is 24.1 Å². The first-order valence-electron chi connectivity index (χ1n) is 11.0. The zero-order valence-electron chi connectivity index (χ0n) is 19.2. The smallest absolute Gasteiger partial charge is 0.161 e. The van der Waals surface area contributed by atoms with E-state index in [1.54, 1.807) is 0 Å². The van der Waals surface area contributed by atoms with Crippen molar-refractivity contribution in [2.24, 2.45) is 0 Å². The molecule has 1 aromatic heterocycles. The minimum atomic E-state index is 0.405. The number of benzene rings is 3. The van der Waals surface area contributed by atoms with Gasteiger partial charge in [-0.3, -0.25) is 0 Å². The molecule has 1 N–H and O–H groups in total. The van der Waals surface area contributed by atoms with E-state index in [0.29, 0.717) is 12.5 Å². The molecule has 0 atom stereocenters. The molecule has 0 aliphatic heterocycles. The van der Waals surface area contributed by atoms with Crippen LogP contribution in [0, 0.1) is 0 Å². The summed E-state index contributed by atoms with van der Waals surface area (Å²) in [5, 5.41) is 3.54. The molecule has 0 fully saturated rings. The molecule has 0 saturated heterocycles. The first kappa shape index (κ1) is 21.6. The van der Waals surface area contributed by atoms with Crippen LogP contribution in [-0.2, 0) is 6.54 Å². The molecule has 1 heterocycles. The van der Waals surface area contributed by atoms with Crippen molar-refractivity contribution in [3.05, 3.63) is 96.2 Å². The maximum atomic E-state index is 4.92. The summed E-state index contributed by atoms with van der Waals surface area (Å²) in [6.45, 7) is 5.09. The Morgan fingerprint density at radius 1 is 0.812 bits per heavy atom. The van der Waals surface area contributed by atoms with E-state index in [-0.39, 0.29) is 0 Å². The summed E-state index contributed by atoms with van der Waals surface area (Å²) in [5.74, 6) is 2.00. The van der Waals surface area contributed by atoms with Crippen LogP contribution in [0.3, 0.4) is 0 Å². The van der Waals surface area contributed by atoms with Crippen molar-refractivity contribution in [3.63, 3.8) is 0 Å². The number of nitrogens with zero attached hydrogens (tertiary/aromatic N) is 3. The second kappa shape index (κ2) is 9.65. The van der Waals surface area contributed by atoms with Gasteiger partial charge in [-0.15, -0.1) is 0 Å². The molecule has 0 radical (unpaired) electrons. The summed E-state index contributed by atoms with van der Waals surface area (Å²) in [7, 11) is 4.03. The van der Waals surface area contributed by atoms with Crippen molar-refractivity contribution in [1.29, 1.82) is 0 Å². The Morgan fingerprint density at radius 3 is 2.16 bits per heavy atom. The lowest BCUT2D eigenvalue weighted by Gasteiger charge is -2.19. The number of hydrogen-bond donors (Lipinski definition) is 1. The lowest BCUT2D eigenvalue weighted by molar-refractivity contribution is 0.866. The van der Waals surface area contributed by atoms with Gasteiger partial charge < -0.3 is 10.2 Å². The molecule has 4 heteroatoms. The fourth-order valence-corrected chi connectivity index (χ4v) is 3.80. The summed E-state index contributed by atoms with van der Waals surface area (Å²) in [5.41, 5.74) is 6.97. The van der Waals surface area contributed by atoms with Crippen LogP contribution in [0.2, 0.25) is 0 Å². The molecule has 32 heavy (non-hydrogen) atoms. The van der Waals surface area contributed by atoms with Gasteiger partial charge in [-0.2, -0.15) is 0 Å². The Hall–Kier alpha value is -3.66. The third kappa shape index (κ3) is 4.80. The monoisotopic (exact) mass is 422 g/mol. The lowest BCUT2D eigenvalue weighted by Crippen LogP contribution is -2.14. The number of hydrogen-bond acceptors (Lipinski definition) is 4. The second-order valence-electron chi connectivity index (χ2n) is 8.48. The van der Waals surface area contributed by atoms with E-state index in [1.165, 1.54) is 22.3 Å². The number of aromatic nitrogens is 2. The second-order valence-corrected chi connectivity index (χ2v) is 8.48. The van der Waals surface area contributed by atoms with E-state index in [1.807, 2.05) is 37.3 Å². The molecule has 0 saturated carbocycles. The molecule has 0 aliphatic carbocycles. The molecular formula is C28H30N4. The molecule has 3 aromatic carbocycles. The molecular weight excluding hydrogens is 392 g/mol. The van der Waals surface area contributed by atoms with E-state index in [4.69, 9.17) is 4.98 Å². The fraction of sp³-hybridized carbons (Fsp3) is 0.214. The molecule has 4 aromatic rings. The maximum Gasteiger partial charge on any atom is 0.161 e. The van der Waals surface area contributed by atoms with Gasteiger partial charge in [0.05, 0.1) is 11.9 Å². The number of rotatable bonds is 7. The number of anilines is 2. The van der Waals surface area contributed by atoms with Crippen LogP contribution >= 0.6 is 0 Å². The number of nitrogens with one attached hydrogen (secondary N) is 1. The quantitative estimate of drug-likeness (QED) is 0.364. The zero-order chi connectivity index (χ0) is 22.5. The summed E-state index contributed by atoms with van der Waals surface area (Å²) < 4.78 is 0. The predicted molar refractivity (Wildman–Crippen MR) is 135 cm³/mol. The molecule has 0 spiro atoms. The van der Waals surface area contributed by atoms with Crippen LogP contribution in [0.5, 0.6) is 0 Å². The van der Waals surface area contributed by atoms with Crippen molar-refractivity contribution < 1.29 is 0 Å². The summed E-state index contributed by atoms with van der Waals surface area (Å²) >= 11 is 0. The Morgan fingerprint density at radius 2 is 1.47 bits per heavy atom. The van der Waals surface area contributed by atoms with Gasteiger partial charge in [0.2, 0.25) is 0 Å². The molecule has 0 amide bonds. The molecule has 4 rings (SSSR count). The first-order chi connectivity index (χ1) is 15.5. The van der Waals surface area contributed by atoms with Crippen molar-refractivity contribution in [3.8, 4) is 22.5 Å². The van der Waals surface area contributed by atoms with Gasteiger partial charge >= 0.3 is 0 Å². The van der Waals surface area contributed by atoms with Crippen molar-refractivity contribution in [2.45, 2.75) is 26.3 Å². The summed E-state index contributed by atoms with van der Waals surface area (Å²) in [6.07, 6.45) is 1.90. The van der Waals surface area contributed by atoms with Gasteiger partial charge in [0.25, 0.3) is 0 Å². The van der Waals surface area contributed by atoms with E-state index in [0.717, 1.165) is 22.9 Å². The van der Waals surface area contributed by atoms with Crippen molar-refractivity contribution in [2.75, 3.05) is 24.3 Å². The summed E-state index contributed by atoms with van der Waals surface area (Å²) in [6, 6.07) is 27.5. The molecule has 0 aliphatic rings. The van der Waals surface area contributed by atoms with Gasteiger partial charge in [0.15, 0.2) is 11.6 Å². The van der Waals surface area contributed by atoms with Gasteiger partial charge in [0.1, 0.15) is 0 Å². The predicted octanol–water partition coefficient (Wildman–Crippen LogP) is 6.61.